The van der Waals surface area contributed by atoms with Crippen LogP contribution in [-0.2, 0) is 11.2 Å². The number of hydrogen-bond acceptors (Lipinski definition) is 4. The standard InChI is InChI=1S/C15H25N3OS/c1-3-13-10(2)20-15(17-13)18-14(19)12(16)9-11-7-5-4-6-8-11/h11-12H,3-9,16H2,1-2H3,(H,17,18,19). The van der Waals surface area contributed by atoms with Gasteiger partial charge in [0.25, 0.3) is 0 Å². The largest absolute Gasteiger partial charge is 0.320 e. The van der Waals surface area contributed by atoms with Gasteiger partial charge >= 0.3 is 0 Å². The lowest BCUT2D eigenvalue weighted by Crippen LogP contribution is -2.37. The number of carbonyl (C=O) groups is 1. The second-order valence-corrected chi connectivity index (χ2v) is 6.91. The van der Waals surface area contributed by atoms with Crippen LogP contribution in [0.25, 0.3) is 0 Å². The van der Waals surface area contributed by atoms with E-state index >= 15 is 0 Å². The first-order valence-electron chi connectivity index (χ1n) is 7.63. The molecule has 20 heavy (non-hydrogen) atoms. The molecular weight excluding hydrogens is 270 g/mol. The Hall–Kier alpha value is -0.940. The topological polar surface area (TPSA) is 68.0 Å². The quantitative estimate of drug-likeness (QED) is 0.876. The summed E-state index contributed by atoms with van der Waals surface area (Å²) < 4.78 is 0. The van der Waals surface area contributed by atoms with Crippen LogP contribution in [0.2, 0.25) is 0 Å². The second-order valence-electron chi connectivity index (χ2n) is 5.71. The fraction of sp³-hybridized carbons (Fsp3) is 0.733. The number of anilines is 1. The highest BCUT2D eigenvalue weighted by Crippen LogP contribution is 2.27. The summed E-state index contributed by atoms with van der Waals surface area (Å²) in [4.78, 5) is 17.7. The maximum Gasteiger partial charge on any atom is 0.243 e. The van der Waals surface area contributed by atoms with E-state index in [1.165, 1.54) is 48.3 Å². The van der Waals surface area contributed by atoms with Crippen molar-refractivity contribution in [3.63, 3.8) is 0 Å². The van der Waals surface area contributed by atoms with Crippen LogP contribution >= 0.6 is 11.3 Å². The first kappa shape index (κ1) is 15.4. The third-order valence-electron chi connectivity index (χ3n) is 4.11. The fourth-order valence-electron chi connectivity index (χ4n) is 2.90. The van der Waals surface area contributed by atoms with Gasteiger partial charge in [-0.25, -0.2) is 4.98 Å². The highest BCUT2D eigenvalue weighted by molar-refractivity contribution is 7.15. The molecule has 5 heteroatoms. The summed E-state index contributed by atoms with van der Waals surface area (Å²) in [7, 11) is 0. The molecule has 4 nitrogen and oxygen atoms in total. The summed E-state index contributed by atoms with van der Waals surface area (Å²) in [5, 5.41) is 3.55. The summed E-state index contributed by atoms with van der Waals surface area (Å²) in [6, 6.07) is -0.410. The number of carbonyl (C=O) groups excluding carboxylic acids is 1. The summed E-state index contributed by atoms with van der Waals surface area (Å²) >= 11 is 1.53. The highest BCUT2D eigenvalue weighted by atomic mass is 32.1. The van der Waals surface area contributed by atoms with Crippen molar-refractivity contribution in [1.82, 2.24) is 4.98 Å². The third-order valence-corrected chi connectivity index (χ3v) is 5.03. The van der Waals surface area contributed by atoms with E-state index in [1.807, 2.05) is 6.92 Å². The van der Waals surface area contributed by atoms with Crippen LogP contribution in [0, 0.1) is 12.8 Å². The van der Waals surface area contributed by atoms with Crippen LogP contribution in [0.3, 0.4) is 0 Å². The monoisotopic (exact) mass is 295 g/mol. The maximum absolute atomic E-state index is 12.1. The molecule has 1 unspecified atom stereocenters. The van der Waals surface area contributed by atoms with E-state index in [1.54, 1.807) is 0 Å². The van der Waals surface area contributed by atoms with Gasteiger partial charge in [0.1, 0.15) is 0 Å². The maximum atomic E-state index is 12.1. The zero-order valence-electron chi connectivity index (χ0n) is 12.4. The minimum Gasteiger partial charge on any atom is -0.320 e. The lowest BCUT2D eigenvalue weighted by Gasteiger charge is -2.23. The summed E-state index contributed by atoms with van der Waals surface area (Å²) in [6.45, 7) is 4.11. The molecule has 1 aliphatic rings. The van der Waals surface area contributed by atoms with Crippen molar-refractivity contribution in [2.45, 2.75) is 64.8 Å². The third kappa shape index (κ3) is 4.03. The van der Waals surface area contributed by atoms with Crippen molar-refractivity contribution >= 4 is 22.4 Å². The minimum atomic E-state index is -0.410. The molecule has 1 heterocycles. The zero-order valence-corrected chi connectivity index (χ0v) is 13.3. The van der Waals surface area contributed by atoms with Gasteiger partial charge in [-0.15, -0.1) is 11.3 Å². The lowest BCUT2D eigenvalue weighted by atomic mass is 9.85. The fourth-order valence-corrected chi connectivity index (χ4v) is 3.80. The Kier molecular flexibility index (Phi) is 5.54. The Bertz CT molecular complexity index is 452. The molecule has 1 aliphatic carbocycles. The molecule has 3 N–H and O–H groups in total. The van der Waals surface area contributed by atoms with Gasteiger partial charge in [-0.2, -0.15) is 0 Å². The number of hydrogen-bond donors (Lipinski definition) is 2. The minimum absolute atomic E-state index is 0.0908. The number of amides is 1. The Morgan fingerprint density at radius 2 is 2.15 bits per heavy atom. The molecule has 1 aromatic rings. The first-order valence-corrected chi connectivity index (χ1v) is 8.44. The Labute approximate surface area is 125 Å². The van der Waals surface area contributed by atoms with Crippen molar-refractivity contribution in [2.75, 3.05) is 5.32 Å². The molecule has 0 radical (unpaired) electrons. The van der Waals surface area contributed by atoms with Gasteiger partial charge in [-0.1, -0.05) is 39.0 Å². The van der Waals surface area contributed by atoms with E-state index in [-0.39, 0.29) is 5.91 Å². The molecule has 0 aliphatic heterocycles. The van der Waals surface area contributed by atoms with E-state index in [2.05, 4.69) is 17.2 Å². The van der Waals surface area contributed by atoms with Crippen molar-refractivity contribution in [2.24, 2.45) is 11.7 Å². The molecule has 1 aromatic heterocycles. The first-order chi connectivity index (χ1) is 9.60. The number of thiazole rings is 1. The molecule has 1 atom stereocenters. The molecule has 1 fully saturated rings. The molecule has 0 bridgehead atoms. The average molecular weight is 295 g/mol. The molecule has 0 spiro atoms. The molecular formula is C15H25N3OS. The van der Waals surface area contributed by atoms with Crippen LogP contribution in [0.4, 0.5) is 5.13 Å². The molecule has 112 valence electrons. The predicted octanol–water partition coefficient (Wildman–Crippen LogP) is 3.25. The average Bonchev–Trinajstić information content (AvgIpc) is 2.79. The van der Waals surface area contributed by atoms with E-state index in [4.69, 9.17) is 5.73 Å². The van der Waals surface area contributed by atoms with Gasteiger partial charge in [0.05, 0.1) is 11.7 Å². The van der Waals surface area contributed by atoms with Crippen LogP contribution < -0.4 is 11.1 Å². The van der Waals surface area contributed by atoms with E-state index in [9.17, 15) is 4.79 Å². The number of aromatic nitrogens is 1. The highest BCUT2D eigenvalue weighted by Gasteiger charge is 2.22. The zero-order chi connectivity index (χ0) is 14.5. The normalized spacial score (nSPS) is 17.9. The van der Waals surface area contributed by atoms with Gasteiger partial charge in [0, 0.05) is 4.88 Å². The van der Waals surface area contributed by atoms with E-state index in [0.717, 1.165) is 18.5 Å². The SMILES string of the molecule is CCc1nc(NC(=O)C(N)CC2CCCCC2)sc1C. The van der Waals surface area contributed by atoms with E-state index < -0.39 is 6.04 Å². The number of nitrogens with two attached hydrogens (primary N) is 1. The van der Waals surface area contributed by atoms with E-state index in [0.29, 0.717) is 11.0 Å². The van der Waals surface area contributed by atoms with Gasteiger partial charge < -0.3 is 11.1 Å². The summed E-state index contributed by atoms with van der Waals surface area (Å²) in [5.74, 6) is 0.528. The van der Waals surface area contributed by atoms with Crippen molar-refractivity contribution < 1.29 is 4.79 Å². The van der Waals surface area contributed by atoms with Crippen LogP contribution in [0.15, 0.2) is 0 Å². The van der Waals surface area contributed by atoms with Crippen molar-refractivity contribution in [3.05, 3.63) is 10.6 Å². The molecule has 1 saturated carbocycles. The van der Waals surface area contributed by atoms with Gasteiger partial charge in [-0.3, -0.25) is 4.79 Å². The lowest BCUT2D eigenvalue weighted by molar-refractivity contribution is -0.117. The molecule has 0 aromatic carbocycles. The summed E-state index contributed by atoms with van der Waals surface area (Å²) in [5.41, 5.74) is 7.10. The van der Waals surface area contributed by atoms with Crippen LogP contribution in [-0.4, -0.2) is 16.9 Å². The predicted molar refractivity (Wildman–Crippen MR) is 84.0 cm³/mol. The second kappa shape index (κ2) is 7.18. The Morgan fingerprint density at radius 3 is 2.75 bits per heavy atom. The van der Waals surface area contributed by atoms with Crippen LogP contribution in [0.1, 0.15) is 56.0 Å². The van der Waals surface area contributed by atoms with Crippen molar-refractivity contribution in [1.29, 1.82) is 0 Å². The van der Waals surface area contributed by atoms with Gasteiger partial charge in [-0.05, 0) is 25.7 Å². The van der Waals surface area contributed by atoms with Gasteiger partial charge in [0.15, 0.2) is 5.13 Å². The Morgan fingerprint density at radius 1 is 1.45 bits per heavy atom. The molecule has 2 rings (SSSR count). The summed E-state index contributed by atoms with van der Waals surface area (Å²) in [6.07, 6.45) is 8.03. The molecule has 0 saturated heterocycles. The number of nitrogens with one attached hydrogen (secondary N) is 1. The number of aryl methyl sites for hydroxylation is 2. The van der Waals surface area contributed by atoms with Gasteiger partial charge in [0.2, 0.25) is 5.91 Å². The Balaban J connectivity index is 1.86. The number of nitrogens with zero attached hydrogens (tertiary/aromatic N) is 1. The smallest absolute Gasteiger partial charge is 0.243 e. The van der Waals surface area contributed by atoms with Crippen LogP contribution in [0.5, 0.6) is 0 Å². The number of rotatable bonds is 5. The van der Waals surface area contributed by atoms with Crippen molar-refractivity contribution in [3.8, 4) is 0 Å². The molecule has 1 amide bonds.